The number of nitro groups is 1. The molecule has 1 aromatic heterocycles. The molecule has 1 heterocycles. The van der Waals surface area contributed by atoms with Crippen molar-refractivity contribution in [3.05, 3.63) is 48.9 Å². The van der Waals surface area contributed by atoms with Crippen LogP contribution >= 0.6 is 22.9 Å². The lowest BCUT2D eigenvalue weighted by molar-refractivity contribution is -0.383. The van der Waals surface area contributed by atoms with Crippen molar-refractivity contribution in [3.8, 4) is 0 Å². The fourth-order valence-electron chi connectivity index (χ4n) is 2.06. The van der Waals surface area contributed by atoms with Gasteiger partial charge in [-0.2, -0.15) is 0 Å². The molecular formula is C13H14ClN3O2S. The number of anilines is 1. The quantitative estimate of drug-likeness (QED) is 0.667. The van der Waals surface area contributed by atoms with Gasteiger partial charge in [-0.1, -0.05) is 17.7 Å². The van der Waals surface area contributed by atoms with Crippen molar-refractivity contribution in [2.75, 3.05) is 5.32 Å². The Morgan fingerprint density at radius 3 is 2.70 bits per heavy atom. The number of halogens is 1. The van der Waals surface area contributed by atoms with Crippen LogP contribution in [0.3, 0.4) is 0 Å². The van der Waals surface area contributed by atoms with Gasteiger partial charge in [0.1, 0.15) is 10.7 Å². The summed E-state index contributed by atoms with van der Waals surface area (Å²) in [5.41, 5.74) is 1.26. The molecule has 0 saturated carbocycles. The number of nitrogens with one attached hydrogen (secondary N) is 1. The van der Waals surface area contributed by atoms with E-state index in [4.69, 9.17) is 11.6 Å². The van der Waals surface area contributed by atoms with E-state index in [2.05, 4.69) is 10.3 Å². The summed E-state index contributed by atoms with van der Waals surface area (Å²) in [5, 5.41) is 15.4. The number of para-hydroxylation sites is 1. The van der Waals surface area contributed by atoms with Gasteiger partial charge in [-0.3, -0.25) is 10.1 Å². The Kier molecular flexibility index (Phi) is 4.25. The summed E-state index contributed by atoms with van der Waals surface area (Å²) in [7, 11) is 0. The summed E-state index contributed by atoms with van der Waals surface area (Å²) in [6.07, 6.45) is 0. The first-order valence-corrected chi connectivity index (χ1v) is 7.23. The minimum Gasteiger partial charge on any atom is -0.372 e. The van der Waals surface area contributed by atoms with Crippen molar-refractivity contribution in [1.29, 1.82) is 0 Å². The van der Waals surface area contributed by atoms with Gasteiger partial charge < -0.3 is 5.32 Å². The third-order valence-electron chi connectivity index (χ3n) is 2.87. The Morgan fingerprint density at radius 2 is 2.15 bits per heavy atom. The van der Waals surface area contributed by atoms with Crippen molar-refractivity contribution in [1.82, 2.24) is 4.98 Å². The average molecular weight is 312 g/mol. The number of rotatable bonds is 4. The summed E-state index contributed by atoms with van der Waals surface area (Å²) < 4.78 is 0. The molecule has 106 valence electrons. The second kappa shape index (κ2) is 5.76. The third kappa shape index (κ3) is 2.91. The van der Waals surface area contributed by atoms with Crippen LogP contribution in [0.4, 0.5) is 11.4 Å². The second-order valence-corrected chi connectivity index (χ2v) is 6.08. The molecule has 0 amide bonds. The molecule has 1 unspecified atom stereocenters. The molecule has 0 saturated heterocycles. The van der Waals surface area contributed by atoms with Gasteiger partial charge in [0, 0.05) is 4.88 Å². The Morgan fingerprint density at radius 1 is 1.45 bits per heavy atom. The van der Waals surface area contributed by atoms with Gasteiger partial charge in [-0.15, -0.1) is 11.3 Å². The maximum atomic E-state index is 11.1. The monoisotopic (exact) mass is 311 g/mol. The zero-order valence-electron chi connectivity index (χ0n) is 11.3. The Labute approximate surface area is 125 Å². The lowest BCUT2D eigenvalue weighted by atomic mass is 10.2. The number of nitro benzene ring substituents is 1. The molecule has 1 aromatic carbocycles. The van der Waals surface area contributed by atoms with E-state index in [1.807, 2.05) is 20.8 Å². The SMILES string of the molecule is Cc1nc(C)c(C(C)Nc2cccc(Cl)c2[N+](=O)[O-])s1. The molecule has 0 spiro atoms. The molecule has 0 aliphatic carbocycles. The van der Waals surface area contributed by atoms with Crippen LogP contribution in [0.1, 0.15) is 28.5 Å². The maximum Gasteiger partial charge on any atom is 0.310 e. The van der Waals surface area contributed by atoms with Crippen LogP contribution in [-0.4, -0.2) is 9.91 Å². The van der Waals surface area contributed by atoms with Crippen LogP contribution in [0.2, 0.25) is 5.02 Å². The Bertz CT molecular complexity index is 657. The van der Waals surface area contributed by atoms with Gasteiger partial charge in [-0.05, 0) is 32.9 Å². The number of aromatic nitrogens is 1. The van der Waals surface area contributed by atoms with Gasteiger partial charge in [0.05, 0.1) is 21.7 Å². The number of hydrogen-bond acceptors (Lipinski definition) is 5. The van der Waals surface area contributed by atoms with Crippen LogP contribution in [0.25, 0.3) is 0 Å². The number of benzene rings is 1. The van der Waals surface area contributed by atoms with E-state index in [0.29, 0.717) is 5.69 Å². The highest BCUT2D eigenvalue weighted by atomic mass is 35.5. The lowest BCUT2D eigenvalue weighted by Crippen LogP contribution is -2.08. The number of aryl methyl sites for hydroxylation is 2. The predicted molar refractivity (Wildman–Crippen MR) is 81.7 cm³/mol. The molecular weight excluding hydrogens is 298 g/mol. The second-order valence-electron chi connectivity index (χ2n) is 4.44. The van der Waals surface area contributed by atoms with Crippen LogP contribution in [0, 0.1) is 24.0 Å². The molecule has 0 bridgehead atoms. The third-order valence-corrected chi connectivity index (χ3v) is 4.43. The van der Waals surface area contributed by atoms with Crippen molar-refractivity contribution >= 4 is 34.3 Å². The Balaban J connectivity index is 2.33. The summed E-state index contributed by atoms with van der Waals surface area (Å²) in [6.45, 7) is 5.82. The average Bonchev–Trinajstić information content (AvgIpc) is 2.68. The molecule has 1 atom stereocenters. The fourth-order valence-corrected chi connectivity index (χ4v) is 3.24. The van der Waals surface area contributed by atoms with Crippen molar-refractivity contribution in [3.63, 3.8) is 0 Å². The van der Waals surface area contributed by atoms with E-state index in [0.717, 1.165) is 15.6 Å². The smallest absolute Gasteiger partial charge is 0.310 e. The number of thiazole rings is 1. The van der Waals surface area contributed by atoms with E-state index in [1.54, 1.807) is 23.5 Å². The summed E-state index contributed by atoms with van der Waals surface area (Å²) >= 11 is 7.48. The molecule has 0 aliphatic rings. The topological polar surface area (TPSA) is 68.1 Å². The zero-order valence-corrected chi connectivity index (χ0v) is 12.9. The van der Waals surface area contributed by atoms with Gasteiger partial charge >= 0.3 is 5.69 Å². The van der Waals surface area contributed by atoms with Gasteiger partial charge in [-0.25, -0.2) is 4.98 Å². The van der Waals surface area contributed by atoms with Crippen LogP contribution < -0.4 is 5.32 Å². The number of hydrogen-bond donors (Lipinski definition) is 1. The normalized spacial score (nSPS) is 12.2. The molecule has 0 fully saturated rings. The zero-order chi connectivity index (χ0) is 14.9. The van der Waals surface area contributed by atoms with Crippen LogP contribution in [0.15, 0.2) is 18.2 Å². The van der Waals surface area contributed by atoms with Crippen molar-refractivity contribution in [2.45, 2.75) is 26.8 Å². The van der Waals surface area contributed by atoms with E-state index >= 15 is 0 Å². The number of nitrogens with zero attached hydrogens (tertiary/aromatic N) is 2. The molecule has 0 radical (unpaired) electrons. The highest BCUT2D eigenvalue weighted by Crippen LogP contribution is 2.35. The minimum atomic E-state index is -0.470. The minimum absolute atomic E-state index is 0.0710. The van der Waals surface area contributed by atoms with E-state index in [-0.39, 0.29) is 16.8 Å². The standard InChI is InChI=1S/C13H14ClN3O2S/c1-7-13(20-9(3)15-7)8(2)16-11-6-4-5-10(14)12(11)17(18)19/h4-6,8,16H,1-3H3. The van der Waals surface area contributed by atoms with E-state index < -0.39 is 4.92 Å². The summed E-state index contributed by atoms with van der Waals surface area (Å²) in [6, 6.07) is 4.79. The molecule has 5 nitrogen and oxygen atoms in total. The van der Waals surface area contributed by atoms with Crippen LogP contribution in [0.5, 0.6) is 0 Å². The first-order chi connectivity index (χ1) is 9.40. The predicted octanol–water partition coefficient (Wildman–Crippen LogP) is 4.49. The summed E-state index contributed by atoms with van der Waals surface area (Å²) in [4.78, 5) is 16.1. The van der Waals surface area contributed by atoms with Crippen molar-refractivity contribution in [2.24, 2.45) is 0 Å². The maximum absolute atomic E-state index is 11.1. The Hall–Kier alpha value is -1.66. The fraction of sp³-hybridized carbons (Fsp3) is 0.308. The molecule has 0 aliphatic heterocycles. The highest BCUT2D eigenvalue weighted by molar-refractivity contribution is 7.11. The largest absolute Gasteiger partial charge is 0.372 e. The molecule has 7 heteroatoms. The molecule has 1 N–H and O–H groups in total. The molecule has 20 heavy (non-hydrogen) atoms. The van der Waals surface area contributed by atoms with Gasteiger partial charge in [0.2, 0.25) is 0 Å². The van der Waals surface area contributed by atoms with Crippen molar-refractivity contribution < 1.29 is 4.92 Å². The first kappa shape index (κ1) is 14.7. The van der Waals surface area contributed by atoms with E-state index in [9.17, 15) is 10.1 Å². The molecule has 2 rings (SSSR count). The first-order valence-electron chi connectivity index (χ1n) is 6.03. The van der Waals surface area contributed by atoms with Crippen LogP contribution in [-0.2, 0) is 0 Å². The van der Waals surface area contributed by atoms with E-state index in [1.165, 1.54) is 6.07 Å². The van der Waals surface area contributed by atoms with Gasteiger partial charge in [0.15, 0.2) is 0 Å². The highest BCUT2D eigenvalue weighted by Gasteiger charge is 2.21. The van der Waals surface area contributed by atoms with Gasteiger partial charge in [0.25, 0.3) is 0 Å². The molecule has 2 aromatic rings. The lowest BCUT2D eigenvalue weighted by Gasteiger charge is -2.14. The summed E-state index contributed by atoms with van der Waals surface area (Å²) in [5.74, 6) is 0.